The Hall–Kier alpha value is -1.44. The zero-order chi connectivity index (χ0) is 22.0. The molecule has 2 heterocycles. The SMILES string of the molecule is O=C(c1ccc(Cl)cc1)C1CCN(CC(=O)N(C2CCCC2)C2CCS(=O)(=O)C2)CC1. The van der Waals surface area contributed by atoms with E-state index in [0.717, 1.165) is 38.5 Å². The first-order valence-corrected chi connectivity index (χ1v) is 13.6. The molecule has 3 aliphatic rings. The summed E-state index contributed by atoms with van der Waals surface area (Å²) >= 11 is 5.92. The fourth-order valence-corrected chi connectivity index (χ4v) is 7.20. The van der Waals surface area contributed by atoms with Crippen molar-refractivity contribution in [3.8, 4) is 0 Å². The molecule has 2 aliphatic heterocycles. The van der Waals surface area contributed by atoms with Crippen LogP contribution in [0.1, 0.15) is 55.3 Å². The van der Waals surface area contributed by atoms with E-state index in [0.29, 0.717) is 36.6 Å². The van der Waals surface area contributed by atoms with Crippen molar-refractivity contribution in [2.45, 2.75) is 57.0 Å². The molecule has 6 nitrogen and oxygen atoms in total. The van der Waals surface area contributed by atoms with Gasteiger partial charge in [-0.25, -0.2) is 8.42 Å². The number of nitrogens with zero attached hydrogens (tertiary/aromatic N) is 2. The quantitative estimate of drug-likeness (QED) is 0.602. The first-order valence-electron chi connectivity index (χ1n) is 11.4. The van der Waals surface area contributed by atoms with E-state index in [4.69, 9.17) is 11.6 Å². The minimum atomic E-state index is -3.04. The normalized spacial score (nSPS) is 25.0. The zero-order valence-corrected chi connectivity index (χ0v) is 19.4. The highest BCUT2D eigenvalue weighted by Crippen LogP contribution is 2.30. The van der Waals surface area contributed by atoms with Crippen molar-refractivity contribution in [1.82, 2.24) is 9.80 Å². The maximum Gasteiger partial charge on any atom is 0.237 e. The molecule has 1 aromatic rings. The Morgan fingerprint density at radius 3 is 2.19 bits per heavy atom. The smallest absolute Gasteiger partial charge is 0.237 e. The van der Waals surface area contributed by atoms with Crippen molar-refractivity contribution >= 4 is 33.1 Å². The molecule has 2 saturated heterocycles. The van der Waals surface area contributed by atoms with Crippen molar-refractivity contribution in [3.63, 3.8) is 0 Å². The fourth-order valence-electron chi connectivity index (χ4n) is 5.36. The van der Waals surface area contributed by atoms with E-state index >= 15 is 0 Å². The highest BCUT2D eigenvalue weighted by molar-refractivity contribution is 7.91. The summed E-state index contributed by atoms with van der Waals surface area (Å²) in [6, 6.07) is 7.03. The van der Waals surface area contributed by atoms with Gasteiger partial charge < -0.3 is 4.90 Å². The van der Waals surface area contributed by atoms with Crippen LogP contribution in [0.15, 0.2) is 24.3 Å². The van der Waals surface area contributed by atoms with Gasteiger partial charge in [0.2, 0.25) is 5.91 Å². The number of ketones is 1. The molecule has 0 N–H and O–H groups in total. The molecule has 1 aliphatic carbocycles. The molecule has 1 aromatic carbocycles. The van der Waals surface area contributed by atoms with E-state index in [1.807, 2.05) is 4.90 Å². The summed E-state index contributed by atoms with van der Waals surface area (Å²) in [5.74, 6) is 0.459. The van der Waals surface area contributed by atoms with Gasteiger partial charge >= 0.3 is 0 Å². The first kappa shape index (κ1) is 22.7. The topological polar surface area (TPSA) is 74.8 Å². The number of hydrogen-bond acceptors (Lipinski definition) is 5. The highest BCUT2D eigenvalue weighted by atomic mass is 35.5. The van der Waals surface area contributed by atoms with Crippen LogP contribution in [0.25, 0.3) is 0 Å². The zero-order valence-electron chi connectivity index (χ0n) is 17.8. The molecule has 0 spiro atoms. The summed E-state index contributed by atoms with van der Waals surface area (Å²) < 4.78 is 24.0. The van der Waals surface area contributed by atoms with Crippen LogP contribution in [0.2, 0.25) is 5.02 Å². The lowest BCUT2D eigenvalue weighted by Crippen LogP contribution is -2.51. The predicted octanol–water partition coefficient (Wildman–Crippen LogP) is 3.19. The number of Topliss-reactive ketones (excluding diaryl/α,β-unsaturated/α-hetero) is 1. The maximum atomic E-state index is 13.3. The molecule has 8 heteroatoms. The first-order chi connectivity index (χ1) is 14.8. The summed E-state index contributed by atoms with van der Waals surface area (Å²) in [6.07, 6.45) is 6.17. The van der Waals surface area contributed by atoms with Crippen LogP contribution < -0.4 is 0 Å². The monoisotopic (exact) mass is 466 g/mol. The molecule has 31 heavy (non-hydrogen) atoms. The Morgan fingerprint density at radius 2 is 1.61 bits per heavy atom. The number of sulfone groups is 1. The summed E-state index contributed by atoms with van der Waals surface area (Å²) in [5, 5.41) is 0.617. The molecular formula is C23H31ClN2O4S. The molecule has 1 unspecified atom stereocenters. The molecule has 0 aromatic heterocycles. The molecule has 4 rings (SSSR count). The molecule has 170 valence electrons. The van der Waals surface area contributed by atoms with Crippen molar-refractivity contribution in [3.05, 3.63) is 34.9 Å². The summed E-state index contributed by atoms with van der Waals surface area (Å²) in [5.41, 5.74) is 0.689. The van der Waals surface area contributed by atoms with Crippen molar-refractivity contribution in [2.24, 2.45) is 5.92 Å². The molecule has 0 bridgehead atoms. The van der Waals surface area contributed by atoms with Crippen LogP contribution in [-0.2, 0) is 14.6 Å². The van der Waals surface area contributed by atoms with E-state index in [1.54, 1.807) is 24.3 Å². The lowest BCUT2D eigenvalue weighted by atomic mass is 9.89. The molecule has 1 saturated carbocycles. The van der Waals surface area contributed by atoms with Crippen LogP contribution in [0, 0.1) is 5.92 Å². The van der Waals surface area contributed by atoms with Gasteiger partial charge in [0.05, 0.1) is 18.1 Å². The fraction of sp³-hybridized carbons (Fsp3) is 0.652. The van der Waals surface area contributed by atoms with Gasteiger partial charge in [-0.1, -0.05) is 24.4 Å². The van der Waals surface area contributed by atoms with E-state index < -0.39 is 9.84 Å². The molecule has 1 amide bonds. The minimum Gasteiger partial charge on any atom is -0.335 e. The highest BCUT2D eigenvalue weighted by Gasteiger charge is 2.39. The number of halogens is 1. The Morgan fingerprint density at radius 1 is 0.968 bits per heavy atom. The van der Waals surface area contributed by atoms with Gasteiger partial charge in [0, 0.05) is 28.6 Å². The van der Waals surface area contributed by atoms with E-state index in [-0.39, 0.29) is 41.2 Å². The molecule has 0 radical (unpaired) electrons. The van der Waals surface area contributed by atoms with Gasteiger partial charge in [-0.2, -0.15) is 0 Å². The van der Waals surface area contributed by atoms with E-state index in [9.17, 15) is 18.0 Å². The van der Waals surface area contributed by atoms with Crippen molar-refractivity contribution in [1.29, 1.82) is 0 Å². The molecule has 3 fully saturated rings. The third kappa shape index (κ3) is 5.49. The Kier molecular flexibility index (Phi) is 7.04. The third-order valence-corrected chi connectivity index (χ3v) is 9.06. The maximum absolute atomic E-state index is 13.3. The van der Waals surface area contributed by atoms with Crippen LogP contribution in [-0.4, -0.2) is 73.1 Å². The van der Waals surface area contributed by atoms with Crippen LogP contribution in [0.3, 0.4) is 0 Å². The minimum absolute atomic E-state index is 0.0292. The predicted molar refractivity (Wildman–Crippen MR) is 121 cm³/mol. The Balaban J connectivity index is 1.34. The second-order valence-electron chi connectivity index (χ2n) is 9.22. The van der Waals surface area contributed by atoms with Crippen molar-refractivity contribution in [2.75, 3.05) is 31.1 Å². The number of amides is 1. The second kappa shape index (κ2) is 9.59. The number of carbonyl (C=O) groups excluding carboxylic acids is 2. The van der Waals surface area contributed by atoms with Gasteiger partial charge in [0.1, 0.15) is 0 Å². The number of carbonyl (C=O) groups is 2. The van der Waals surface area contributed by atoms with Gasteiger partial charge in [-0.05, 0) is 69.5 Å². The number of rotatable bonds is 6. The lowest BCUT2D eigenvalue weighted by Gasteiger charge is -2.37. The lowest BCUT2D eigenvalue weighted by molar-refractivity contribution is -0.137. The van der Waals surface area contributed by atoms with Crippen LogP contribution in [0.5, 0.6) is 0 Å². The number of piperidine rings is 1. The number of benzene rings is 1. The van der Waals surface area contributed by atoms with Gasteiger partial charge in [0.15, 0.2) is 15.6 Å². The van der Waals surface area contributed by atoms with Gasteiger partial charge in [0.25, 0.3) is 0 Å². The number of hydrogen-bond donors (Lipinski definition) is 0. The standard InChI is InChI=1S/C23H31ClN2O4S/c24-19-7-5-17(6-8-19)23(28)18-9-12-25(13-10-18)15-22(27)26(20-3-1-2-4-20)21-11-14-31(29,30)16-21/h5-8,18,20-21H,1-4,9-16H2. The summed E-state index contributed by atoms with van der Waals surface area (Å²) in [6.45, 7) is 1.73. The van der Waals surface area contributed by atoms with Crippen molar-refractivity contribution < 1.29 is 18.0 Å². The van der Waals surface area contributed by atoms with E-state index in [1.165, 1.54) is 0 Å². The van der Waals surface area contributed by atoms with Crippen LogP contribution in [0.4, 0.5) is 0 Å². The number of likely N-dealkylation sites (tertiary alicyclic amines) is 1. The Bertz CT molecular complexity index is 904. The summed E-state index contributed by atoms with van der Waals surface area (Å²) in [4.78, 5) is 30.1. The second-order valence-corrected chi connectivity index (χ2v) is 11.9. The molecular weight excluding hydrogens is 436 g/mol. The van der Waals surface area contributed by atoms with Gasteiger partial charge in [-0.3, -0.25) is 14.5 Å². The Labute approximate surface area is 189 Å². The average molecular weight is 467 g/mol. The summed E-state index contributed by atoms with van der Waals surface area (Å²) in [7, 11) is -3.04. The van der Waals surface area contributed by atoms with Gasteiger partial charge in [-0.15, -0.1) is 0 Å². The largest absolute Gasteiger partial charge is 0.335 e. The third-order valence-electron chi connectivity index (χ3n) is 7.05. The molecule has 1 atom stereocenters. The average Bonchev–Trinajstić information content (AvgIpc) is 3.39. The van der Waals surface area contributed by atoms with E-state index in [2.05, 4.69) is 4.90 Å². The van der Waals surface area contributed by atoms with Crippen LogP contribution >= 0.6 is 11.6 Å².